The number of nitrogens with zero attached hydrogens (tertiary/aromatic N) is 1. The van der Waals surface area contributed by atoms with Gasteiger partial charge in [-0.2, -0.15) is 5.26 Å². The number of carbonyl (C=O) groups is 2. The molecule has 1 N–H and O–H groups in total. The molecule has 0 aliphatic rings. The van der Waals surface area contributed by atoms with Gasteiger partial charge in [0.25, 0.3) is 0 Å². The maximum absolute atomic E-state index is 12.2. The Hall–Kier alpha value is -2.06. The van der Waals surface area contributed by atoms with E-state index in [2.05, 4.69) is 5.32 Å². The Bertz CT molecular complexity index is 846. The molecule has 0 radical (unpaired) electrons. The lowest BCUT2D eigenvalue weighted by Crippen LogP contribution is -2.29. The van der Waals surface area contributed by atoms with Gasteiger partial charge in [-0.25, -0.2) is 0 Å². The quantitative estimate of drug-likeness (QED) is 0.705. The number of hydrogen-bond donors (Lipinski definition) is 1. The molecule has 0 saturated carbocycles. The number of anilines is 1. The molecule has 7 heteroatoms. The van der Waals surface area contributed by atoms with Gasteiger partial charge >= 0.3 is 0 Å². The first-order valence-corrected chi connectivity index (χ1v) is 8.47. The number of amides is 1. The third-order valence-corrected chi connectivity index (χ3v) is 4.23. The largest absolute Gasteiger partial charge is 0.323 e. The summed E-state index contributed by atoms with van der Waals surface area (Å²) < 4.78 is 0. The van der Waals surface area contributed by atoms with Gasteiger partial charge in [-0.05, 0) is 42.3 Å². The lowest BCUT2D eigenvalue weighted by atomic mass is 9.98. The average Bonchev–Trinajstić information content (AvgIpc) is 2.56. The summed E-state index contributed by atoms with van der Waals surface area (Å²) >= 11 is 17.7. The van der Waals surface area contributed by atoms with Crippen LogP contribution in [0, 0.1) is 17.2 Å². The van der Waals surface area contributed by atoms with E-state index in [-0.39, 0.29) is 11.4 Å². The molecule has 2 aromatic carbocycles. The molecule has 1 atom stereocenters. The Kier molecular flexibility index (Phi) is 6.83. The summed E-state index contributed by atoms with van der Waals surface area (Å²) in [6.45, 7) is 0. The van der Waals surface area contributed by atoms with Crippen molar-refractivity contribution in [1.29, 1.82) is 5.26 Å². The van der Waals surface area contributed by atoms with Crippen LogP contribution < -0.4 is 5.32 Å². The highest BCUT2D eigenvalue weighted by Gasteiger charge is 2.26. The zero-order chi connectivity index (χ0) is 18.4. The van der Waals surface area contributed by atoms with Crippen LogP contribution in [-0.2, 0) is 16.0 Å². The first-order valence-electron chi connectivity index (χ1n) is 7.33. The van der Waals surface area contributed by atoms with Gasteiger partial charge < -0.3 is 5.32 Å². The smallest absolute Gasteiger partial charge is 0.249 e. The van der Waals surface area contributed by atoms with Crippen molar-refractivity contribution in [3.05, 3.63) is 63.1 Å². The number of nitrogens with one attached hydrogen (secondary N) is 1. The number of Topliss-reactive ketones (excluding diaryl/α,β-unsaturated/α-hetero) is 1. The van der Waals surface area contributed by atoms with Crippen LogP contribution >= 0.6 is 34.8 Å². The first kappa shape index (κ1) is 19.3. The van der Waals surface area contributed by atoms with Crippen molar-refractivity contribution in [1.82, 2.24) is 0 Å². The summed E-state index contributed by atoms with van der Waals surface area (Å²) in [6, 6.07) is 13.3. The highest BCUT2D eigenvalue weighted by Crippen LogP contribution is 2.26. The zero-order valence-electron chi connectivity index (χ0n) is 12.9. The molecule has 4 nitrogen and oxygen atoms in total. The van der Waals surface area contributed by atoms with Crippen LogP contribution in [0.15, 0.2) is 42.5 Å². The van der Waals surface area contributed by atoms with Crippen molar-refractivity contribution in [3.8, 4) is 6.07 Å². The Morgan fingerprint density at radius 3 is 2.44 bits per heavy atom. The number of benzene rings is 2. The van der Waals surface area contributed by atoms with Crippen molar-refractivity contribution < 1.29 is 9.59 Å². The normalized spacial score (nSPS) is 11.4. The molecule has 0 spiro atoms. The number of ketones is 1. The fourth-order valence-corrected chi connectivity index (χ4v) is 2.85. The number of hydrogen-bond acceptors (Lipinski definition) is 3. The van der Waals surface area contributed by atoms with E-state index < -0.39 is 17.6 Å². The molecule has 2 aromatic rings. The van der Waals surface area contributed by atoms with Crippen molar-refractivity contribution in [2.45, 2.75) is 12.8 Å². The highest BCUT2D eigenvalue weighted by molar-refractivity contribution is 6.36. The standard InChI is InChI=1S/C18H13Cl3N2O2/c19-12-3-1-2-11(8-12)4-7-17(24)14(10-22)18(25)23-16-6-5-13(20)9-15(16)21/h1-3,5-6,8-9,14H,4,7H2,(H,23,25). The summed E-state index contributed by atoms with van der Waals surface area (Å²) in [6.07, 6.45) is 0.451. The number of halogens is 3. The van der Waals surface area contributed by atoms with Crippen molar-refractivity contribution in [2.75, 3.05) is 5.32 Å². The van der Waals surface area contributed by atoms with E-state index in [0.717, 1.165) is 5.56 Å². The van der Waals surface area contributed by atoms with Crippen molar-refractivity contribution in [2.24, 2.45) is 5.92 Å². The Labute approximate surface area is 160 Å². The van der Waals surface area contributed by atoms with E-state index in [9.17, 15) is 14.9 Å². The summed E-state index contributed by atoms with van der Waals surface area (Å²) in [7, 11) is 0. The second-order valence-corrected chi connectivity index (χ2v) is 6.55. The van der Waals surface area contributed by atoms with Crippen LogP contribution in [0.5, 0.6) is 0 Å². The predicted molar refractivity (Wildman–Crippen MR) is 99.0 cm³/mol. The van der Waals surface area contributed by atoms with Gasteiger partial charge in [-0.1, -0.05) is 46.9 Å². The Balaban J connectivity index is 2.01. The van der Waals surface area contributed by atoms with Crippen LogP contribution in [0.4, 0.5) is 5.69 Å². The summed E-state index contributed by atoms with van der Waals surface area (Å²) in [5.41, 5.74) is 1.15. The Morgan fingerprint density at radius 2 is 1.80 bits per heavy atom. The summed E-state index contributed by atoms with van der Waals surface area (Å²) in [5.74, 6) is -2.60. The van der Waals surface area contributed by atoms with Gasteiger partial charge in [0.1, 0.15) is 0 Å². The molecule has 0 saturated heterocycles. The fourth-order valence-electron chi connectivity index (χ4n) is 2.18. The minimum atomic E-state index is -1.41. The van der Waals surface area contributed by atoms with E-state index >= 15 is 0 Å². The minimum Gasteiger partial charge on any atom is -0.323 e. The van der Waals surface area contributed by atoms with E-state index in [1.165, 1.54) is 12.1 Å². The maximum atomic E-state index is 12.2. The van der Waals surface area contributed by atoms with Gasteiger partial charge in [-0.3, -0.25) is 9.59 Å². The molecule has 1 amide bonds. The van der Waals surface area contributed by atoms with E-state index in [0.29, 0.717) is 22.2 Å². The molecule has 25 heavy (non-hydrogen) atoms. The number of aryl methyl sites for hydroxylation is 1. The first-order chi connectivity index (χ1) is 11.9. The summed E-state index contributed by atoms with van der Waals surface area (Å²) in [4.78, 5) is 24.5. The van der Waals surface area contributed by atoms with Crippen LogP contribution in [-0.4, -0.2) is 11.7 Å². The lowest BCUT2D eigenvalue weighted by Gasteiger charge is -2.11. The van der Waals surface area contributed by atoms with Gasteiger partial charge in [0, 0.05) is 16.5 Å². The van der Waals surface area contributed by atoms with Crippen LogP contribution in [0.2, 0.25) is 15.1 Å². The van der Waals surface area contributed by atoms with Crippen LogP contribution in [0.25, 0.3) is 0 Å². The number of carbonyl (C=O) groups excluding carboxylic acids is 2. The predicted octanol–water partition coefficient (Wildman–Crippen LogP) is 4.93. The molecule has 0 aliphatic heterocycles. The van der Waals surface area contributed by atoms with Crippen molar-refractivity contribution in [3.63, 3.8) is 0 Å². The summed E-state index contributed by atoms with van der Waals surface area (Å²) in [5, 5.41) is 12.9. The van der Waals surface area contributed by atoms with Gasteiger partial charge in [0.05, 0.1) is 16.8 Å². The van der Waals surface area contributed by atoms with Gasteiger partial charge in [-0.15, -0.1) is 0 Å². The fraction of sp³-hybridized carbons (Fsp3) is 0.167. The molecular weight excluding hydrogens is 383 g/mol. The van der Waals surface area contributed by atoms with Gasteiger partial charge in [0.2, 0.25) is 5.91 Å². The third-order valence-electron chi connectivity index (χ3n) is 3.45. The molecule has 128 valence electrons. The minimum absolute atomic E-state index is 0.0559. The van der Waals surface area contributed by atoms with Crippen molar-refractivity contribution >= 4 is 52.2 Å². The number of rotatable bonds is 6. The van der Waals surface area contributed by atoms with Crippen LogP contribution in [0.1, 0.15) is 12.0 Å². The van der Waals surface area contributed by atoms with E-state index in [1.54, 1.807) is 30.3 Å². The topological polar surface area (TPSA) is 70.0 Å². The Morgan fingerprint density at radius 1 is 1.08 bits per heavy atom. The molecule has 0 heterocycles. The van der Waals surface area contributed by atoms with Crippen LogP contribution in [0.3, 0.4) is 0 Å². The van der Waals surface area contributed by atoms with E-state index in [1.807, 2.05) is 6.07 Å². The SMILES string of the molecule is N#CC(C(=O)CCc1cccc(Cl)c1)C(=O)Nc1ccc(Cl)cc1Cl. The average molecular weight is 396 g/mol. The molecule has 0 aliphatic carbocycles. The second kappa shape index (κ2) is 8.87. The third kappa shape index (κ3) is 5.47. The molecular formula is C18H13Cl3N2O2. The van der Waals surface area contributed by atoms with E-state index in [4.69, 9.17) is 34.8 Å². The van der Waals surface area contributed by atoms with Gasteiger partial charge in [0.15, 0.2) is 11.7 Å². The molecule has 0 aromatic heterocycles. The zero-order valence-corrected chi connectivity index (χ0v) is 15.2. The number of nitriles is 1. The molecule has 1 unspecified atom stereocenters. The second-order valence-electron chi connectivity index (χ2n) is 5.27. The molecule has 0 fully saturated rings. The molecule has 0 bridgehead atoms. The molecule has 2 rings (SSSR count). The monoisotopic (exact) mass is 394 g/mol. The maximum Gasteiger partial charge on any atom is 0.249 e. The lowest BCUT2D eigenvalue weighted by molar-refractivity contribution is -0.128. The highest BCUT2D eigenvalue weighted by atomic mass is 35.5.